The van der Waals surface area contributed by atoms with Gasteiger partial charge in [0.2, 0.25) is 5.82 Å². The molecule has 31 heavy (non-hydrogen) atoms. The van der Waals surface area contributed by atoms with Crippen LogP contribution < -0.4 is 4.31 Å². The number of hydrogen-bond acceptors (Lipinski definition) is 6. The Hall–Kier alpha value is -3.67. The van der Waals surface area contributed by atoms with Gasteiger partial charge >= 0.3 is 12.1 Å². The second kappa shape index (κ2) is 7.54. The number of sulfonamides is 1. The van der Waals surface area contributed by atoms with Crippen LogP contribution >= 0.6 is 0 Å². The highest BCUT2D eigenvalue weighted by atomic mass is 32.2. The van der Waals surface area contributed by atoms with Crippen molar-refractivity contribution in [1.29, 1.82) is 0 Å². The van der Waals surface area contributed by atoms with Gasteiger partial charge in [-0.2, -0.15) is 23.3 Å². The number of halogens is 3. The molecule has 0 bridgehead atoms. The first kappa shape index (κ1) is 20.6. The first-order valence-electron chi connectivity index (χ1n) is 8.76. The third-order valence-electron chi connectivity index (χ3n) is 4.40. The zero-order valence-electron chi connectivity index (χ0n) is 15.9. The molecule has 0 aliphatic rings. The number of anilines is 1. The van der Waals surface area contributed by atoms with Gasteiger partial charge in [0.15, 0.2) is 0 Å². The van der Waals surface area contributed by atoms with Gasteiger partial charge in [0.25, 0.3) is 10.0 Å². The van der Waals surface area contributed by atoms with Crippen molar-refractivity contribution in [3.63, 3.8) is 0 Å². The van der Waals surface area contributed by atoms with Gasteiger partial charge in [-0.15, -0.1) is 0 Å². The largest absolute Gasteiger partial charge is 0.471 e. The first-order chi connectivity index (χ1) is 14.7. The van der Waals surface area contributed by atoms with Crippen LogP contribution in [0.5, 0.6) is 0 Å². The minimum absolute atomic E-state index is 0.0177. The average molecular weight is 449 g/mol. The highest BCUT2D eigenvalue weighted by molar-refractivity contribution is 7.92. The summed E-state index contributed by atoms with van der Waals surface area (Å²) >= 11 is 0. The molecule has 8 nitrogen and oxygen atoms in total. The molecule has 0 fully saturated rings. The van der Waals surface area contributed by atoms with Crippen molar-refractivity contribution in [3.8, 4) is 17.1 Å². The quantitative estimate of drug-likeness (QED) is 0.461. The molecule has 0 saturated carbocycles. The van der Waals surface area contributed by atoms with E-state index in [0.717, 1.165) is 4.31 Å². The third-order valence-corrected chi connectivity index (χ3v) is 6.13. The van der Waals surface area contributed by atoms with Gasteiger partial charge in [0.05, 0.1) is 23.8 Å². The smallest absolute Gasteiger partial charge is 0.329 e. The third kappa shape index (κ3) is 4.01. The maximum atomic E-state index is 12.9. The maximum absolute atomic E-state index is 12.9. The Kier molecular flexibility index (Phi) is 5.01. The van der Waals surface area contributed by atoms with Crippen LogP contribution in [-0.2, 0) is 16.2 Å². The van der Waals surface area contributed by atoms with E-state index in [1.165, 1.54) is 36.3 Å². The number of benzene rings is 2. The summed E-state index contributed by atoms with van der Waals surface area (Å²) in [5.74, 6) is -1.65. The zero-order chi connectivity index (χ0) is 22.2. The van der Waals surface area contributed by atoms with Crippen molar-refractivity contribution in [3.05, 3.63) is 72.9 Å². The van der Waals surface area contributed by atoms with Gasteiger partial charge in [-0.25, -0.2) is 13.1 Å². The van der Waals surface area contributed by atoms with Crippen LogP contribution in [0, 0.1) is 0 Å². The van der Waals surface area contributed by atoms with E-state index < -0.39 is 22.1 Å². The fourth-order valence-corrected chi connectivity index (χ4v) is 3.86. The second-order valence-corrected chi connectivity index (χ2v) is 8.37. The molecule has 0 saturated heterocycles. The molecular weight excluding hydrogens is 435 g/mol. The van der Waals surface area contributed by atoms with Crippen LogP contribution in [0.3, 0.4) is 0 Å². The Morgan fingerprint density at radius 1 is 1.03 bits per heavy atom. The minimum Gasteiger partial charge on any atom is -0.329 e. The SMILES string of the molecule is CN(c1ccccc1)S(=O)(=O)c1cnn(-c2ccc(-c3noc(C(F)(F)F)n3)cc2)c1. The summed E-state index contributed by atoms with van der Waals surface area (Å²) in [7, 11) is -2.39. The second-order valence-electron chi connectivity index (χ2n) is 6.40. The van der Waals surface area contributed by atoms with Gasteiger partial charge in [0.1, 0.15) is 4.90 Å². The molecule has 2 aromatic heterocycles. The summed E-state index contributed by atoms with van der Waals surface area (Å²) in [6.07, 6.45) is -2.16. The van der Waals surface area contributed by atoms with E-state index in [-0.39, 0.29) is 10.7 Å². The number of alkyl halides is 3. The monoisotopic (exact) mass is 449 g/mol. The van der Waals surface area contributed by atoms with E-state index >= 15 is 0 Å². The van der Waals surface area contributed by atoms with Crippen LogP contribution in [0.1, 0.15) is 5.89 Å². The van der Waals surface area contributed by atoms with Gasteiger partial charge in [0, 0.05) is 12.6 Å². The van der Waals surface area contributed by atoms with E-state index in [4.69, 9.17) is 0 Å². The van der Waals surface area contributed by atoms with Crippen molar-refractivity contribution in [1.82, 2.24) is 19.9 Å². The normalized spacial score (nSPS) is 12.1. The maximum Gasteiger partial charge on any atom is 0.471 e. The van der Waals surface area contributed by atoms with E-state index in [1.807, 2.05) is 0 Å². The lowest BCUT2D eigenvalue weighted by atomic mass is 10.2. The molecule has 2 heterocycles. The Morgan fingerprint density at radius 3 is 2.32 bits per heavy atom. The van der Waals surface area contributed by atoms with Crippen LogP contribution in [0.4, 0.5) is 18.9 Å². The molecule has 0 radical (unpaired) electrons. The predicted molar refractivity (Wildman–Crippen MR) is 104 cm³/mol. The van der Waals surface area contributed by atoms with Crippen LogP contribution in [0.15, 0.2) is 76.4 Å². The van der Waals surface area contributed by atoms with E-state index in [0.29, 0.717) is 16.9 Å². The van der Waals surface area contributed by atoms with Crippen molar-refractivity contribution < 1.29 is 26.1 Å². The molecule has 4 rings (SSSR count). The van der Waals surface area contributed by atoms with Crippen LogP contribution in [0.25, 0.3) is 17.1 Å². The first-order valence-corrected chi connectivity index (χ1v) is 10.2. The summed E-state index contributed by atoms with van der Waals surface area (Å²) < 4.78 is 70.2. The fourth-order valence-electron chi connectivity index (χ4n) is 2.73. The summed E-state index contributed by atoms with van der Waals surface area (Å²) in [5.41, 5.74) is 1.29. The van der Waals surface area contributed by atoms with Gasteiger partial charge < -0.3 is 4.52 Å². The molecule has 0 unspecified atom stereocenters. The average Bonchev–Trinajstić information content (AvgIpc) is 3.44. The fraction of sp³-hybridized carbons (Fsp3) is 0.105. The number of aromatic nitrogens is 4. The van der Waals surface area contributed by atoms with Gasteiger partial charge in [-0.1, -0.05) is 23.4 Å². The molecule has 0 atom stereocenters. The standard InChI is InChI=1S/C19H14F3N5O3S/c1-26(14-5-3-2-4-6-14)31(28,29)16-11-23-27(12-16)15-9-7-13(8-10-15)17-24-18(30-25-17)19(20,21)22/h2-12H,1H3. The topological polar surface area (TPSA) is 94.1 Å². The molecular formula is C19H14F3N5O3S. The highest BCUT2D eigenvalue weighted by Gasteiger charge is 2.38. The minimum atomic E-state index is -4.73. The van der Waals surface area contributed by atoms with Crippen LogP contribution in [-0.4, -0.2) is 35.4 Å². The molecule has 160 valence electrons. The molecule has 0 spiro atoms. The zero-order valence-corrected chi connectivity index (χ0v) is 16.7. The molecule has 0 aliphatic carbocycles. The Morgan fingerprint density at radius 2 is 1.71 bits per heavy atom. The van der Waals surface area contributed by atoms with Crippen molar-refractivity contribution in [2.75, 3.05) is 11.4 Å². The lowest BCUT2D eigenvalue weighted by Gasteiger charge is -2.18. The number of hydrogen-bond donors (Lipinski definition) is 0. The number of para-hydroxylation sites is 1. The Bertz CT molecular complexity index is 1300. The number of rotatable bonds is 5. The van der Waals surface area contributed by atoms with Crippen molar-refractivity contribution >= 4 is 15.7 Å². The summed E-state index contributed by atoms with van der Waals surface area (Å²) in [6, 6.07) is 14.6. The van der Waals surface area contributed by atoms with Crippen molar-refractivity contribution in [2.45, 2.75) is 11.1 Å². The Balaban J connectivity index is 1.57. The molecule has 2 aromatic carbocycles. The summed E-state index contributed by atoms with van der Waals surface area (Å²) in [4.78, 5) is 3.31. The van der Waals surface area contributed by atoms with E-state index in [2.05, 4.69) is 19.8 Å². The number of nitrogens with zero attached hydrogens (tertiary/aromatic N) is 5. The van der Waals surface area contributed by atoms with Gasteiger partial charge in [-0.3, -0.25) is 4.31 Å². The predicted octanol–water partition coefficient (Wildman–Crippen LogP) is 3.77. The highest BCUT2D eigenvalue weighted by Crippen LogP contribution is 2.29. The lowest BCUT2D eigenvalue weighted by molar-refractivity contribution is -0.159. The van der Waals surface area contributed by atoms with E-state index in [9.17, 15) is 21.6 Å². The molecule has 0 N–H and O–H groups in total. The summed E-state index contributed by atoms with van der Waals surface area (Å²) in [5, 5.41) is 7.41. The summed E-state index contributed by atoms with van der Waals surface area (Å²) in [6.45, 7) is 0. The van der Waals surface area contributed by atoms with Gasteiger partial charge in [-0.05, 0) is 36.4 Å². The van der Waals surface area contributed by atoms with E-state index in [1.54, 1.807) is 42.5 Å². The molecule has 12 heteroatoms. The molecule has 4 aromatic rings. The molecule has 0 aliphatic heterocycles. The van der Waals surface area contributed by atoms with Crippen LogP contribution in [0.2, 0.25) is 0 Å². The van der Waals surface area contributed by atoms with Crippen molar-refractivity contribution in [2.24, 2.45) is 0 Å². The Labute approximate surface area is 174 Å². The molecule has 0 amide bonds. The lowest BCUT2D eigenvalue weighted by Crippen LogP contribution is -2.26.